The van der Waals surface area contributed by atoms with E-state index >= 15 is 0 Å². The number of sulfonamides is 1. The van der Waals surface area contributed by atoms with Gasteiger partial charge in [-0.15, -0.1) is 0 Å². The number of nitrogens with zero attached hydrogens (tertiary/aromatic N) is 1. The molecule has 0 aromatic carbocycles. The summed E-state index contributed by atoms with van der Waals surface area (Å²) in [6.07, 6.45) is 7.41. The normalized spacial score (nSPS) is 20.4. The van der Waals surface area contributed by atoms with E-state index in [-0.39, 0.29) is 17.6 Å². The van der Waals surface area contributed by atoms with Crippen molar-refractivity contribution < 1.29 is 13.2 Å². The standard InChI is InChI=1S/C15H30N2O3S/c1-3-5-6-7-8-11-16-15(18)14-10-9-12-17(13-14)21(19,20)4-2/h14H,3-13H2,1-2H3,(H,16,18). The van der Waals surface area contributed by atoms with Gasteiger partial charge in [0.1, 0.15) is 0 Å². The van der Waals surface area contributed by atoms with Gasteiger partial charge >= 0.3 is 0 Å². The lowest BCUT2D eigenvalue weighted by molar-refractivity contribution is -0.126. The Balaban J connectivity index is 2.30. The summed E-state index contributed by atoms with van der Waals surface area (Å²) in [5.41, 5.74) is 0. The molecule has 0 aliphatic carbocycles. The number of rotatable bonds is 9. The van der Waals surface area contributed by atoms with Crippen molar-refractivity contribution in [2.24, 2.45) is 5.92 Å². The third-order valence-electron chi connectivity index (χ3n) is 4.09. The number of unbranched alkanes of at least 4 members (excludes halogenated alkanes) is 4. The molecule has 1 rings (SSSR count). The van der Waals surface area contributed by atoms with Crippen LogP contribution in [0.3, 0.4) is 0 Å². The molecule has 1 fully saturated rings. The van der Waals surface area contributed by atoms with E-state index in [2.05, 4.69) is 12.2 Å². The van der Waals surface area contributed by atoms with Crippen molar-refractivity contribution >= 4 is 15.9 Å². The third-order valence-corrected chi connectivity index (χ3v) is 5.94. The number of carbonyl (C=O) groups excluding carboxylic acids is 1. The molecule has 6 heteroatoms. The Morgan fingerprint density at radius 3 is 2.57 bits per heavy atom. The predicted octanol–water partition coefficient (Wildman–Crippen LogP) is 2.13. The minimum absolute atomic E-state index is 0.0153. The molecule has 21 heavy (non-hydrogen) atoms. The van der Waals surface area contributed by atoms with Gasteiger partial charge in [0.15, 0.2) is 0 Å². The lowest BCUT2D eigenvalue weighted by Crippen LogP contribution is -2.46. The van der Waals surface area contributed by atoms with Crippen LogP contribution in [0.1, 0.15) is 58.8 Å². The molecule has 0 aromatic heterocycles. The van der Waals surface area contributed by atoms with Crippen molar-refractivity contribution in [3.63, 3.8) is 0 Å². The predicted molar refractivity (Wildman–Crippen MR) is 85.5 cm³/mol. The number of hydrogen-bond donors (Lipinski definition) is 1. The molecule has 124 valence electrons. The van der Waals surface area contributed by atoms with E-state index in [1.807, 2.05) is 0 Å². The van der Waals surface area contributed by atoms with Crippen LogP contribution in [0.15, 0.2) is 0 Å². The zero-order valence-electron chi connectivity index (χ0n) is 13.4. The van der Waals surface area contributed by atoms with Gasteiger partial charge in [-0.3, -0.25) is 4.79 Å². The van der Waals surface area contributed by atoms with Gasteiger partial charge in [0, 0.05) is 19.6 Å². The fourth-order valence-electron chi connectivity index (χ4n) is 2.68. The number of amides is 1. The quantitative estimate of drug-likeness (QED) is 0.662. The van der Waals surface area contributed by atoms with E-state index in [9.17, 15) is 13.2 Å². The van der Waals surface area contributed by atoms with Crippen LogP contribution in [0.2, 0.25) is 0 Å². The van der Waals surface area contributed by atoms with Crippen molar-refractivity contribution in [1.29, 1.82) is 0 Å². The fraction of sp³-hybridized carbons (Fsp3) is 0.933. The Kier molecular flexibility index (Phi) is 8.26. The first-order valence-electron chi connectivity index (χ1n) is 8.26. The maximum absolute atomic E-state index is 12.1. The number of piperidine rings is 1. The van der Waals surface area contributed by atoms with E-state index in [0.29, 0.717) is 19.6 Å². The molecule has 1 saturated heterocycles. The highest BCUT2D eigenvalue weighted by Gasteiger charge is 2.31. The molecule has 0 saturated carbocycles. The largest absolute Gasteiger partial charge is 0.356 e. The lowest BCUT2D eigenvalue weighted by atomic mass is 9.99. The molecule has 1 aliphatic heterocycles. The minimum atomic E-state index is -3.17. The second kappa shape index (κ2) is 9.41. The van der Waals surface area contributed by atoms with Crippen LogP contribution < -0.4 is 5.32 Å². The first-order chi connectivity index (χ1) is 10.0. The van der Waals surface area contributed by atoms with Gasteiger partial charge in [-0.25, -0.2) is 12.7 Å². The summed E-state index contributed by atoms with van der Waals surface area (Å²) in [4.78, 5) is 12.1. The first kappa shape index (κ1) is 18.4. The molecule has 1 aliphatic rings. The van der Waals surface area contributed by atoms with Crippen LogP contribution in [0.5, 0.6) is 0 Å². The monoisotopic (exact) mass is 318 g/mol. The maximum atomic E-state index is 12.1. The Bertz CT molecular complexity index is 409. The zero-order chi connectivity index (χ0) is 15.7. The highest BCUT2D eigenvalue weighted by Crippen LogP contribution is 2.19. The third kappa shape index (κ3) is 6.34. The van der Waals surface area contributed by atoms with Crippen molar-refractivity contribution in [2.45, 2.75) is 58.8 Å². The molecule has 1 atom stereocenters. The molecule has 0 aromatic rings. The number of hydrogen-bond acceptors (Lipinski definition) is 3. The molecule has 1 amide bonds. The SMILES string of the molecule is CCCCCCCNC(=O)C1CCCN(S(=O)(=O)CC)C1. The smallest absolute Gasteiger partial charge is 0.224 e. The number of nitrogens with one attached hydrogen (secondary N) is 1. The van der Waals surface area contributed by atoms with Gasteiger partial charge in [-0.05, 0) is 26.2 Å². The van der Waals surface area contributed by atoms with E-state index in [1.165, 1.54) is 23.6 Å². The minimum Gasteiger partial charge on any atom is -0.356 e. The van der Waals surface area contributed by atoms with Gasteiger partial charge in [0.05, 0.1) is 11.7 Å². The highest BCUT2D eigenvalue weighted by atomic mass is 32.2. The highest BCUT2D eigenvalue weighted by molar-refractivity contribution is 7.89. The van der Waals surface area contributed by atoms with Gasteiger partial charge in [0.2, 0.25) is 15.9 Å². The summed E-state index contributed by atoms with van der Waals surface area (Å²) >= 11 is 0. The molecular weight excluding hydrogens is 288 g/mol. The second-order valence-corrected chi connectivity index (χ2v) is 8.06. The van der Waals surface area contributed by atoms with Crippen LogP contribution >= 0.6 is 0 Å². The van der Waals surface area contributed by atoms with Crippen LogP contribution in [-0.2, 0) is 14.8 Å². The molecule has 1 unspecified atom stereocenters. The molecule has 0 bridgehead atoms. The fourth-order valence-corrected chi connectivity index (χ4v) is 3.86. The Hall–Kier alpha value is -0.620. The van der Waals surface area contributed by atoms with Gasteiger partial charge < -0.3 is 5.32 Å². The molecule has 1 N–H and O–H groups in total. The molecular formula is C15H30N2O3S. The van der Waals surface area contributed by atoms with Crippen LogP contribution in [-0.4, -0.2) is 44.0 Å². The molecule has 0 radical (unpaired) electrons. The number of carbonyl (C=O) groups is 1. The van der Waals surface area contributed by atoms with Crippen LogP contribution in [0.25, 0.3) is 0 Å². The van der Waals surface area contributed by atoms with Crippen molar-refractivity contribution in [3.05, 3.63) is 0 Å². The van der Waals surface area contributed by atoms with Crippen LogP contribution in [0.4, 0.5) is 0 Å². The molecule has 1 heterocycles. The second-order valence-electron chi connectivity index (χ2n) is 5.80. The zero-order valence-corrected chi connectivity index (χ0v) is 14.3. The van der Waals surface area contributed by atoms with Crippen molar-refractivity contribution in [1.82, 2.24) is 9.62 Å². The van der Waals surface area contributed by atoms with E-state index in [4.69, 9.17) is 0 Å². The summed E-state index contributed by atoms with van der Waals surface area (Å²) in [6.45, 7) is 5.44. The average molecular weight is 318 g/mol. The molecule has 5 nitrogen and oxygen atoms in total. The van der Waals surface area contributed by atoms with Crippen molar-refractivity contribution in [3.8, 4) is 0 Å². The van der Waals surface area contributed by atoms with E-state index in [0.717, 1.165) is 25.7 Å². The maximum Gasteiger partial charge on any atom is 0.224 e. The van der Waals surface area contributed by atoms with Crippen LogP contribution in [0, 0.1) is 5.92 Å². The first-order valence-corrected chi connectivity index (χ1v) is 9.87. The van der Waals surface area contributed by atoms with Crippen molar-refractivity contribution in [2.75, 3.05) is 25.4 Å². The van der Waals surface area contributed by atoms with E-state index in [1.54, 1.807) is 6.92 Å². The Morgan fingerprint density at radius 2 is 1.90 bits per heavy atom. The van der Waals surface area contributed by atoms with Gasteiger partial charge in [-0.2, -0.15) is 0 Å². The Morgan fingerprint density at radius 1 is 1.19 bits per heavy atom. The summed E-state index contributed by atoms with van der Waals surface area (Å²) in [5.74, 6) is -0.0594. The van der Waals surface area contributed by atoms with Gasteiger partial charge in [0.25, 0.3) is 0 Å². The summed E-state index contributed by atoms with van der Waals surface area (Å²) in [7, 11) is -3.17. The summed E-state index contributed by atoms with van der Waals surface area (Å²) in [6, 6.07) is 0. The summed E-state index contributed by atoms with van der Waals surface area (Å²) < 4.78 is 25.2. The average Bonchev–Trinajstić information content (AvgIpc) is 2.50. The lowest BCUT2D eigenvalue weighted by Gasteiger charge is -2.30. The van der Waals surface area contributed by atoms with E-state index < -0.39 is 10.0 Å². The summed E-state index contributed by atoms with van der Waals surface area (Å²) in [5, 5.41) is 2.96. The van der Waals surface area contributed by atoms with Gasteiger partial charge in [-0.1, -0.05) is 32.6 Å². The topological polar surface area (TPSA) is 66.5 Å². The Labute approximate surface area is 129 Å². The molecule has 0 spiro atoms.